The molecule has 21 heavy (non-hydrogen) atoms. The van der Waals surface area contributed by atoms with Crippen LogP contribution in [0.3, 0.4) is 0 Å². The third-order valence-electron chi connectivity index (χ3n) is 4.97. The number of rotatable bonds is 1. The van der Waals surface area contributed by atoms with Crippen molar-refractivity contribution < 1.29 is 1.43 Å². The normalized spacial score (nSPS) is 21.7. The monoisotopic (exact) mass is 291 g/mol. The van der Waals surface area contributed by atoms with E-state index < -0.39 is 0 Å². The smallest absolute Gasteiger partial charge is 0 e. The van der Waals surface area contributed by atoms with Gasteiger partial charge >= 0.3 is 0 Å². The van der Waals surface area contributed by atoms with E-state index in [0.717, 1.165) is 5.92 Å². The lowest BCUT2D eigenvalue weighted by Gasteiger charge is -2.36. The van der Waals surface area contributed by atoms with Gasteiger partial charge in [-0.25, -0.2) is 0 Å². The van der Waals surface area contributed by atoms with Crippen molar-refractivity contribution in [2.75, 3.05) is 13.1 Å². The molecule has 1 aromatic rings. The molecule has 1 aliphatic heterocycles. The molecule has 1 nitrogen and oxygen atoms in total. The van der Waals surface area contributed by atoms with Gasteiger partial charge in [0.1, 0.15) is 0 Å². The van der Waals surface area contributed by atoms with Crippen LogP contribution in [0.25, 0.3) is 0 Å². The molecule has 1 atom stereocenters. The Morgan fingerprint density at radius 1 is 1.14 bits per heavy atom. The molecule has 0 amide bonds. The molecule has 0 bridgehead atoms. The number of hydrogen-bond acceptors (Lipinski definition) is 1. The third kappa shape index (κ3) is 3.51. The Morgan fingerprint density at radius 3 is 2.33 bits per heavy atom. The second-order valence-corrected chi connectivity index (χ2v) is 5.88. The molecule has 2 aliphatic rings. The second-order valence-electron chi connectivity index (χ2n) is 5.88. The van der Waals surface area contributed by atoms with Crippen molar-refractivity contribution >= 4 is 0 Å². The standard InChI is InChI=1S/C16H23N.2C2H6.H2/c1-3-13-11-16(7-9-17-10-8-16)15-12(2)5-4-6-14(13)15;2*1-2;/h4-6,13,17H,3,7-11H2,1-2H3;2*1-2H3;1H. The summed E-state index contributed by atoms with van der Waals surface area (Å²) in [6.45, 7) is 15.0. The lowest BCUT2D eigenvalue weighted by atomic mass is 9.72. The number of hydrogen-bond donors (Lipinski definition) is 1. The first kappa shape index (κ1) is 18.2. The largest absolute Gasteiger partial charge is 0.317 e. The summed E-state index contributed by atoms with van der Waals surface area (Å²) in [5.74, 6) is 0.808. The average Bonchev–Trinajstić information content (AvgIpc) is 2.87. The van der Waals surface area contributed by atoms with E-state index in [9.17, 15) is 0 Å². The van der Waals surface area contributed by atoms with E-state index in [1.807, 2.05) is 27.7 Å². The van der Waals surface area contributed by atoms with Gasteiger partial charge in [0.25, 0.3) is 0 Å². The van der Waals surface area contributed by atoms with Gasteiger partial charge in [0.2, 0.25) is 0 Å². The molecule has 1 unspecified atom stereocenters. The Hall–Kier alpha value is -0.820. The van der Waals surface area contributed by atoms with Crippen molar-refractivity contribution in [3.05, 3.63) is 34.9 Å². The zero-order chi connectivity index (χ0) is 15.9. The summed E-state index contributed by atoms with van der Waals surface area (Å²) in [6, 6.07) is 6.94. The summed E-state index contributed by atoms with van der Waals surface area (Å²) in [6.07, 6.45) is 5.36. The molecule has 0 aromatic heterocycles. The van der Waals surface area contributed by atoms with E-state index >= 15 is 0 Å². The van der Waals surface area contributed by atoms with Gasteiger partial charge in [-0.15, -0.1) is 0 Å². The van der Waals surface area contributed by atoms with Crippen LogP contribution in [0.4, 0.5) is 0 Å². The fourth-order valence-corrected chi connectivity index (χ4v) is 4.16. The molecular weight excluding hydrogens is 254 g/mol. The molecule has 1 aromatic carbocycles. The van der Waals surface area contributed by atoms with E-state index in [0.29, 0.717) is 5.41 Å². The van der Waals surface area contributed by atoms with E-state index in [1.165, 1.54) is 44.3 Å². The Balaban J connectivity index is 0.000000819. The Bertz CT molecular complexity index is 422. The van der Waals surface area contributed by atoms with Crippen molar-refractivity contribution in [3.8, 4) is 0 Å². The molecule has 122 valence electrons. The van der Waals surface area contributed by atoms with Crippen LogP contribution >= 0.6 is 0 Å². The minimum atomic E-state index is 0. The predicted molar refractivity (Wildman–Crippen MR) is 97.4 cm³/mol. The fourth-order valence-electron chi connectivity index (χ4n) is 4.16. The van der Waals surface area contributed by atoms with Crippen molar-refractivity contribution in [1.82, 2.24) is 5.32 Å². The highest BCUT2D eigenvalue weighted by Crippen LogP contribution is 2.52. The number of nitrogens with one attached hydrogen (secondary N) is 1. The van der Waals surface area contributed by atoms with Crippen LogP contribution in [-0.2, 0) is 5.41 Å². The SMILES string of the molecule is CC.CC.CCC1CC2(CCNCC2)c2c(C)cccc21.[HH]. The molecule has 1 heteroatoms. The number of fused-ring (bicyclic) bond motifs is 2. The maximum atomic E-state index is 3.52. The molecule has 0 radical (unpaired) electrons. The summed E-state index contributed by atoms with van der Waals surface area (Å²) in [5.41, 5.74) is 5.41. The fraction of sp³-hybridized carbons (Fsp3) is 0.700. The predicted octanol–water partition coefficient (Wildman–Crippen LogP) is 5.81. The van der Waals surface area contributed by atoms with Gasteiger partial charge in [0.05, 0.1) is 0 Å². The first-order valence-electron chi connectivity index (χ1n) is 9.07. The first-order chi connectivity index (χ1) is 10.3. The van der Waals surface area contributed by atoms with Crippen molar-refractivity contribution in [2.45, 2.75) is 78.6 Å². The second kappa shape index (κ2) is 8.58. The lowest BCUT2D eigenvalue weighted by molar-refractivity contribution is 0.291. The molecule has 1 saturated heterocycles. The topological polar surface area (TPSA) is 12.0 Å². The van der Waals surface area contributed by atoms with Crippen LogP contribution in [0.1, 0.15) is 84.3 Å². The summed E-state index contributed by atoms with van der Waals surface area (Å²) < 4.78 is 0. The molecule has 1 spiro atoms. The van der Waals surface area contributed by atoms with Crippen LogP contribution in [0.15, 0.2) is 18.2 Å². The van der Waals surface area contributed by atoms with Gasteiger partial charge in [-0.1, -0.05) is 52.8 Å². The van der Waals surface area contributed by atoms with Crippen molar-refractivity contribution in [3.63, 3.8) is 0 Å². The summed E-state index contributed by atoms with van der Waals surface area (Å²) in [5, 5.41) is 3.52. The quantitative estimate of drug-likeness (QED) is 0.688. The number of benzene rings is 1. The highest BCUT2D eigenvalue weighted by atomic mass is 14.9. The van der Waals surface area contributed by atoms with E-state index in [2.05, 4.69) is 37.4 Å². The van der Waals surface area contributed by atoms with Crippen LogP contribution in [0.5, 0.6) is 0 Å². The van der Waals surface area contributed by atoms with Crippen LogP contribution in [-0.4, -0.2) is 13.1 Å². The lowest BCUT2D eigenvalue weighted by Crippen LogP contribution is -2.38. The molecule has 1 aliphatic carbocycles. The van der Waals surface area contributed by atoms with Gasteiger partial charge in [0, 0.05) is 1.43 Å². The molecule has 1 heterocycles. The number of piperidine rings is 1. The van der Waals surface area contributed by atoms with E-state index in [1.54, 1.807) is 11.1 Å². The molecule has 1 N–H and O–H groups in total. The third-order valence-corrected chi connectivity index (χ3v) is 4.97. The van der Waals surface area contributed by atoms with E-state index in [-0.39, 0.29) is 1.43 Å². The summed E-state index contributed by atoms with van der Waals surface area (Å²) in [4.78, 5) is 0. The van der Waals surface area contributed by atoms with Gasteiger partial charge in [-0.05, 0) is 73.7 Å². The summed E-state index contributed by atoms with van der Waals surface area (Å²) >= 11 is 0. The van der Waals surface area contributed by atoms with Gasteiger partial charge in [0.15, 0.2) is 0 Å². The molecule has 1 fully saturated rings. The Morgan fingerprint density at radius 2 is 1.76 bits per heavy atom. The summed E-state index contributed by atoms with van der Waals surface area (Å²) in [7, 11) is 0. The van der Waals surface area contributed by atoms with Gasteiger partial charge in [-0.2, -0.15) is 0 Å². The van der Waals surface area contributed by atoms with Crippen LogP contribution in [0, 0.1) is 6.92 Å². The first-order valence-corrected chi connectivity index (χ1v) is 9.07. The Labute approximate surface area is 134 Å². The van der Waals surface area contributed by atoms with Gasteiger partial charge in [-0.3, -0.25) is 0 Å². The number of aryl methyl sites for hydroxylation is 1. The van der Waals surface area contributed by atoms with Crippen molar-refractivity contribution in [1.29, 1.82) is 0 Å². The minimum Gasteiger partial charge on any atom is -0.317 e. The average molecular weight is 292 g/mol. The maximum absolute atomic E-state index is 3.52. The zero-order valence-electron chi connectivity index (χ0n) is 15.1. The molecular formula is C20H37N. The highest BCUT2D eigenvalue weighted by Gasteiger charge is 2.44. The molecule has 3 rings (SSSR count). The highest BCUT2D eigenvalue weighted by molar-refractivity contribution is 5.47. The Kier molecular flexibility index (Phi) is 7.45. The maximum Gasteiger partial charge on any atom is 0 e. The van der Waals surface area contributed by atoms with E-state index in [4.69, 9.17) is 0 Å². The minimum absolute atomic E-state index is 0. The van der Waals surface area contributed by atoms with Crippen molar-refractivity contribution in [2.24, 2.45) is 0 Å². The van der Waals surface area contributed by atoms with Gasteiger partial charge < -0.3 is 5.32 Å². The van der Waals surface area contributed by atoms with Crippen LogP contribution < -0.4 is 5.32 Å². The van der Waals surface area contributed by atoms with Crippen LogP contribution in [0.2, 0.25) is 0 Å². The zero-order valence-corrected chi connectivity index (χ0v) is 15.1. The molecule has 0 saturated carbocycles.